The van der Waals surface area contributed by atoms with Crippen molar-refractivity contribution in [3.63, 3.8) is 0 Å². The summed E-state index contributed by atoms with van der Waals surface area (Å²) in [6.45, 7) is 9.07. The largest absolute Gasteiger partial charge is 0.358 e. The highest BCUT2D eigenvalue weighted by atomic mass is 19.1. The van der Waals surface area contributed by atoms with Crippen LogP contribution >= 0.6 is 0 Å². The summed E-state index contributed by atoms with van der Waals surface area (Å²) < 4.78 is 14.3. The Kier molecular flexibility index (Phi) is 2.85. The second-order valence-corrected chi connectivity index (χ2v) is 8.99. The van der Waals surface area contributed by atoms with E-state index in [4.69, 9.17) is 5.10 Å². The van der Waals surface area contributed by atoms with Crippen LogP contribution in [-0.2, 0) is 6.42 Å². The molecule has 5 nitrogen and oxygen atoms in total. The normalized spacial score (nSPS) is 24.8. The highest BCUT2D eigenvalue weighted by Crippen LogP contribution is 2.44. The third kappa shape index (κ3) is 1.90. The van der Waals surface area contributed by atoms with Gasteiger partial charge in [0.05, 0.1) is 16.6 Å². The van der Waals surface area contributed by atoms with Crippen molar-refractivity contribution in [2.45, 2.75) is 58.0 Å². The van der Waals surface area contributed by atoms with E-state index in [1.54, 1.807) is 0 Å². The molecule has 3 aliphatic rings. The summed E-state index contributed by atoms with van der Waals surface area (Å²) in [6, 6.07) is 2.84. The molecule has 1 saturated heterocycles. The molecule has 0 radical (unpaired) electrons. The molecule has 2 aromatic rings. The maximum absolute atomic E-state index is 14.3. The molecule has 1 atom stereocenters. The van der Waals surface area contributed by atoms with E-state index in [1.165, 1.54) is 17.1 Å². The molecule has 136 valence electrons. The van der Waals surface area contributed by atoms with Crippen molar-refractivity contribution in [2.24, 2.45) is 5.10 Å². The molecule has 5 rings (SSSR count). The second-order valence-electron chi connectivity index (χ2n) is 8.99. The van der Waals surface area contributed by atoms with Crippen LogP contribution in [0, 0.1) is 5.82 Å². The fourth-order valence-electron chi connectivity index (χ4n) is 4.80. The second kappa shape index (κ2) is 4.67. The van der Waals surface area contributed by atoms with Crippen LogP contribution in [-0.4, -0.2) is 44.3 Å². The van der Waals surface area contributed by atoms with E-state index in [2.05, 4.69) is 16.8 Å². The lowest BCUT2D eigenvalue weighted by Crippen LogP contribution is -2.52. The molecule has 1 N–H and O–H groups in total. The Morgan fingerprint density at radius 1 is 1.31 bits per heavy atom. The van der Waals surface area contributed by atoms with Crippen molar-refractivity contribution in [2.75, 3.05) is 6.54 Å². The number of amidine groups is 1. The number of nitrogens with zero attached hydrogens (tertiary/aromatic N) is 3. The van der Waals surface area contributed by atoms with E-state index in [1.807, 2.05) is 20.8 Å². The number of rotatable bonds is 0. The fourth-order valence-corrected chi connectivity index (χ4v) is 4.80. The zero-order chi connectivity index (χ0) is 18.4. The van der Waals surface area contributed by atoms with Crippen molar-refractivity contribution < 1.29 is 9.18 Å². The maximum atomic E-state index is 14.3. The van der Waals surface area contributed by atoms with E-state index < -0.39 is 11.4 Å². The zero-order valence-electron chi connectivity index (χ0n) is 15.6. The Balaban J connectivity index is 1.90. The molecular formula is C20H23FN4O. The first-order valence-corrected chi connectivity index (χ1v) is 9.24. The molecule has 1 fully saturated rings. The van der Waals surface area contributed by atoms with Crippen molar-refractivity contribution in [3.8, 4) is 0 Å². The molecule has 3 aliphatic heterocycles. The minimum atomic E-state index is -0.496. The van der Waals surface area contributed by atoms with Crippen molar-refractivity contribution in [3.05, 3.63) is 34.8 Å². The number of carbonyl (C=O) groups is 1. The molecule has 4 heterocycles. The van der Waals surface area contributed by atoms with Crippen molar-refractivity contribution in [1.82, 2.24) is 14.9 Å². The van der Waals surface area contributed by atoms with E-state index >= 15 is 0 Å². The molecule has 0 unspecified atom stereocenters. The smallest absolute Gasteiger partial charge is 0.275 e. The molecule has 0 saturated carbocycles. The quantitative estimate of drug-likeness (QED) is 0.785. The van der Waals surface area contributed by atoms with E-state index in [9.17, 15) is 9.18 Å². The lowest BCUT2D eigenvalue weighted by molar-refractivity contribution is 0.0586. The summed E-state index contributed by atoms with van der Waals surface area (Å²) >= 11 is 0. The third-order valence-corrected chi connectivity index (χ3v) is 5.98. The summed E-state index contributed by atoms with van der Waals surface area (Å²) in [4.78, 5) is 19.0. The van der Waals surface area contributed by atoms with E-state index in [-0.39, 0.29) is 11.4 Å². The van der Waals surface area contributed by atoms with Gasteiger partial charge < -0.3 is 9.88 Å². The van der Waals surface area contributed by atoms with Gasteiger partial charge in [-0.2, -0.15) is 5.10 Å². The minimum absolute atomic E-state index is 0.0115. The lowest BCUT2D eigenvalue weighted by Gasteiger charge is -2.42. The Morgan fingerprint density at radius 2 is 2.08 bits per heavy atom. The number of halogens is 1. The van der Waals surface area contributed by atoms with Gasteiger partial charge in [0.1, 0.15) is 5.82 Å². The number of nitrogens with one attached hydrogen (secondary N) is 1. The number of H-pyrrole nitrogens is 1. The molecule has 0 bridgehead atoms. The summed E-state index contributed by atoms with van der Waals surface area (Å²) in [7, 11) is 0. The first-order valence-electron chi connectivity index (χ1n) is 9.24. The number of aromatic nitrogens is 1. The van der Waals surface area contributed by atoms with Crippen LogP contribution < -0.4 is 0 Å². The van der Waals surface area contributed by atoms with Crippen LogP contribution in [0.5, 0.6) is 0 Å². The molecular weight excluding hydrogens is 331 g/mol. The molecule has 1 amide bonds. The number of hydrogen-bond acceptors (Lipinski definition) is 3. The number of hydrogen-bond donors (Lipinski definition) is 1. The first kappa shape index (κ1) is 15.9. The van der Waals surface area contributed by atoms with Crippen LogP contribution in [0.25, 0.3) is 10.9 Å². The van der Waals surface area contributed by atoms with E-state index in [0.717, 1.165) is 48.3 Å². The average molecular weight is 354 g/mol. The molecule has 0 aliphatic carbocycles. The number of hydrazone groups is 1. The monoisotopic (exact) mass is 354 g/mol. The van der Waals surface area contributed by atoms with Gasteiger partial charge >= 0.3 is 0 Å². The molecule has 6 heteroatoms. The summed E-state index contributed by atoms with van der Waals surface area (Å²) in [5.41, 5.74) is 2.62. The standard InChI is InChI=1S/C20H23FN4O/c1-19(2,3)25-18(26)12-8-11(21)9-13-15(12)16-14(22-13)10-20(4)6-5-7-24(20)17(16)23-25/h8-9,22H,5-7,10H2,1-4H3/t20-/m1/s1. The van der Waals surface area contributed by atoms with Crippen LogP contribution in [0.2, 0.25) is 0 Å². The Hall–Kier alpha value is -2.37. The topological polar surface area (TPSA) is 51.7 Å². The van der Waals surface area contributed by atoms with Crippen molar-refractivity contribution in [1.29, 1.82) is 0 Å². The number of amides is 1. The number of carbonyl (C=O) groups excluding carboxylic acids is 1. The third-order valence-electron chi connectivity index (χ3n) is 5.98. The van der Waals surface area contributed by atoms with Gasteiger partial charge in [-0.1, -0.05) is 0 Å². The Morgan fingerprint density at radius 3 is 2.81 bits per heavy atom. The van der Waals surface area contributed by atoms with Gasteiger partial charge in [0.15, 0.2) is 5.84 Å². The highest BCUT2D eigenvalue weighted by Gasteiger charge is 2.47. The average Bonchev–Trinajstić information content (AvgIpc) is 3.03. The predicted octanol–water partition coefficient (Wildman–Crippen LogP) is 3.63. The van der Waals surface area contributed by atoms with Crippen LogP contribution in [0.4, 0.5) is 4.39 Å². The Bertz CT molecular complexity index is 999. The summed E-state index contributed by atoms with van der Waals surface area (Å²) in [5.74, 6) is 0.209. The van der Waals surface area contributed by atoms with Gasteiger partial charge in [0, 0.05) is 35.1 Å². The summed E-state index contributed by atoms with van der Waals surface area (Å²) in [6.07, 6.45) is 3.06. The molecule has 0 spiro atoms. The van der Waals surface area contributed by atoms with Crippen LogP contribution in [0.15, 0.2) is 17.2 Å². The van der Waals surface area contributed by atoms with Gasteiger partial charge in [-0.15, -0.1) is 0 Å². The highest BCUT2D eigenvalue weighted by molar-refractivity contribution is 6.20. The first-order chi connectivity index (χ1) is 12.2. The molecule has 26 heavy (non-hydrogen) atoms. The number of benzene rings is 1. The van der Waals surface area contributed by atoms with Gasteiger partial charge in [-0.05, 0) is 52.7 Å². The molecule has 1 aromatic carbocycles. The number of fused-ring (bicyclic) bond motifs is 2. The summed E-state index contributed by atoms with van der Waals surface area (Å²) in [5, 5.41) is 7.22. The maximum Gasteiger partial charge on any atom is 0.275 e. The Labute approximate surface area is 151 Å². The van der Waals surface area contributed by atoms with Crippen molar-refractivity contribution >= 4 is 22.6 Å². The van der Waals surface area contributed by atoms with Crippen LogP contribution in [0.3, 0.4) is 0 Å². The van der Waals surface area contributed by atoms with Gasteiger partial charge in [0.2, 0.25) is 0 Å². The SMILES string of the molecule is CC(C)(C)N1N=C2c3c([nH]c4cc(F)cc(c34)C1=O)C[C@@]1(C)CCCN21. The van der Waals surface area contributed by atoms with Gasteiger partial charge in [0.25, 0.3) is 5.91 Å². The lowest BCUT2D eigenvalue weighted by atomic mass is 9.86. The fraction of sp³-hybridized carbons (Fsp3) is 0.500. The van der Waals surface area contributed by atoms with Crippen LogP contribution in [0.1, 0.15) is 62.2 Å². The zero-order valence-corrected chi connectivity index (χ0v) is 15.6. The van der Waals surface area contributed by atoms with Gasteiger partial charge in [-0.3, -0.25) is 4.79 Å². The van der Waals surface area contributed by atoms with Gasteiger partial charge in [-0.25, -0.2) is 9.40 Å². The number of aromatic amines is 1. The minimum Gasteiger partial charge on any atom is -0.358 e. The van der Waals surface area contributed by atoms with E-state index in [0.29, 0.717) is 11.1 Å². The molecule has 1 aromatic heterocycles. The predicted molar refractivity (Wildman–Crippen MR) is 98.8 cm³/mol.